The van der Waals surface area contributed by atoms with Crippen LogP contribution in [0, 0.1) is 11.6 Å². The van der Waals surface area contributed by atoms with Gasteiger partial charge in [0, 0.05) is 29.3 Å². The minimum absolute atomic E-state index is 0.108. The topological polar surface area (TPSA) is 20.3 Å². The van der Waals surface area contributed by atoms with Gasteiger partial charge in [0.1, 0.15) is 11.6 Å². The molecule has 4 aromatic rings. The molecule has 0 fully saturated rings. The minimum Gasteiger partial charge on any atom is -0.331 e. The van der Waals surface area contributed by atoms with Crippen molar-refractivity contribution >= 4 is 5.91 Å². The third kappa shape index (κ3) is 4.17. The summed E-state index contributed by atoms with van der Waals surface area (Å²) in [5.41, 5.74) is 4.20. The molecule has 0 aliphatic heterocycles. The van der Waals surface area contributed by atoms with Crippen LogP contribution in [0.1, 0.15) is 27.0 Å². The Morgan fingerprint density at radius 3 is 1.91 bits per heavy atom. The molecule has 0 radical (unpaired) electrons. The fourth-order valence-electron chi connectivity index (χ4n) is 4.67. The van der Waals surface area contributed by atoms with E-state index in [2.05, 4.69) is 12.1 Å². The number of amides is 1. The normalized spacial score (nSPS) is 13.0. The Bertz CT molecular complexity index is 1290. The fourth-order valence-corrected chi connectivity index (χ4v) is 4.67. The first-order valence-electron chi connectivity index (χ1n) is 11.1. The van der Waals surface area contributed by atoms with Gasteiger partial charge in [0.25, 0.3) is 5.91 Å². The molecule has 0 bridgehead atoms. The lowest BCUT2D eigenvalue weighted by Crippen LogP contribution is -2.41. The highest BCUT2D eigenvalue weighted by Crippen LogP contribution is 2.31. The molecule has 1 aliphatic rings. The van der Waals surface area contributed by atoms with Crippen molar-refractivity contribution in [1.29, 1.82) is 0 Å². The molecule has 0 atom stereocenters. The number of hydrogen-bond acceptors (Lipinski definition) is 1. The fraction of sp³-hybridized carbons (Fsp3) is 0.138. The molecule has 1 amide bonds. The van der Waals surface area contributed by atoms with Crippen molar-refractivity contribution in [2.45, 2.75) is 25.4 Å². The van der Waals surface area contributed by atoms with Crippen LogP contribution in [0.25, 0.3) is 11.1 Å². The molecule has 0 heterocycles. The van der Waals surface area contributed by atoms with Crippen molar-refractivity contribution in [2.75, 3.05) is 0 Å². The minimum atomic E-state index is -0.383. The molecule has 0 aromatic heterocycles. The Kier molecular flexibility index (Phi) is 5.74. The average molecular weight is 440 g/mol. The summed E-state index contributed by atoms with van der Waals surface area (Å²) in [6.45, 7) is 0.149. The molecular weight excluding hydrogens is 416 g/mol. The number of halogens is 2. The highest BCUT2D eigenvalue weighted by molar-refractivity contribution is 6.01. The van der Waals surface area contributed by atoms with Gasteiger partial charge < -0.3 is 4.90 Å². The molecule has 0 saturated carbocycles. The van der Waals surface area contributed by atoms with Crippen LogP contribution in [0.3, 0.4) is 0 Å². The Morgan fingerprint density at radius 2 is 1.24 bits per heavy atom. The Labute approximate surface area is 192 Å². The summed E-state index contributed by atoms with van der Waals surface area (Å²) < 4.78 is 29.2. The van der Waals surface area contributed by atoms with Crippen molar-refractivity contribution in [3.8, 4) is 11.1 Å². The zero-order valence-electron chi connectivity index (χ0n) is 18.0. The number of benzene rings is 4. The molecule has 164 valence electrons. The highest BCUT2D eigenvalue weighted by Gasteiger charge is 2.32. The predicted molar refractivity (Wildman–Crippen MR) is 126 cm³/mol. The van der Waals surface area contributed by atoms with Crippen LogP contribution in [0.15, 0.2) is 97.1 Å². The van der Waals surface area contributed by atoms with Gasteiger partial charge in [-0.1, -0.05) is 78.9 Å². The molecule has 0 N–H and O–H groups in total. The molecule has 0 unspecified atom stereocenters. The lowest BCUT2D eigenvalue weighted by atomic mass is 9.97. The van der Waals surface area contributed by atoms with Gasteiger partial charge in [-0.3, -0.25) is 4.79 Å². The Morgan fingerprint density at radius 1 is 0.697 bits per heavy atom. The average Bonchev–Trinajstić information content (AvgIpc) is 3.27. The van der Waals surface area contributed by atoms with Gasteiger partial charge in [0.15, 0.2) is 0 Å². The number of carbonyl (C=O) groups is 1. The predicted octanol–water partition coefficient (Wildman–Crippen LogP) is 6.44. The standard InChI is InChI=1S/C29H23F2NO/c30-27-15-7-3-11-22(27)19-32(23-17-20-9-1-2-10-21(20)18-23)29(33)26-14-5-4-12-24(26)25-13-6-8-16-28(25)31/h1-16,23H,17-19H2. The second kappa shape index (κ2) is 8.99. The molecule has 5 rings (SSSR count). The van der Waals surface area contributed by atoms with Gasteiger partial charge in [0.05, 0.1) is 0 Å². The van der Waals surface area contributed by atoms with Crippen molar-refractivity contribution < 1.29 is 13.6 Å². The first kappa shape index (κ1) is 21.1. The largest absolute Gasteiger partial charge is 0.331 e. The van der Waals surface area contributed by atoms with Crippen molar-refractivity contribution in [2.24, 2.45) is 0 Å². The van der Waals surface area contributed by atoms with E-state index in [1.165, 1.54) is 23.3 Å². The Hall–Kier alpha value is -3.79. The smallest absolute Gasteiger partial charge is 0.255 e. The zero-order valence-corrected chi connectivity index (χ0v) is 18.0. The van der Waals surface area contributed by atoms with Crippen LogP contribution in [-0.2, 0) is 19.4 Å². The molecule has 2 nitrogen and oxygen atoms in total. The summed E-state index contributed by atoms with van der Waals surface area (Å²) >= 11 is 0. The first-order valence-corrected chi connectivity index (χ1v) is 11.1. The summed E-state index contributed by atoms with van der Waals surface area (Å²) in [4.78, 5) is 15.7. The van der Waals surface area contributed by atoms with Crippen LogP contribution in [0.5, 0.6) is 0 Å². The lowest BCUT2D eigenvalue weighted by molar-refractivity contribution is 0.0666. The van der Waals surface area contributed by atoms with E-state index in [0.29, 0.717) is 35.1 Å². The van der Waals surface area contributed by atoms with E-state index in [1.807, 2.05) is 12.1 Å². The summed E-state index contributed by atoms with van der Waals surface area (Å²) in [6, 6.07) is 28.1. The maximum absolute atomic E-state index is 14.6. The van der Waals surface area contributed by atoms with Crippen LogP contribution in [0.2, 0.25) is 0 Å². The van der Waals surface area contributed by atoms with Gasteiger partial charge >= 0.3 is 0 Å². The third-order valence-corrected chi connectivity index (χ3v) is 6.35. The van der Waals surface area contributed by atoms with Gasteiger partial charge in [-0.25, -0.2) is 8.78 Å². The summed E-state index contributed by atoms with van der Waals surface area (Å²) in [5, 5.41) is 0. The number of rotatable bonds is 5. The number of carbonyl (C=O) groups excluding carboxylic acids is 1. The number of hydrogen-bond donors (Lipinski definition) is 0. The third-order valence-electron chi connectivity index (χ3n) is 6.35. The van der Waals surface area contributed by atoms with E-state index in [4.69, 9.17) is 0 Å². The molecule has 0 saturated heterocycles. The second-order valence-corrected chi connectivity index (χ2v) is 8.38. The van der Waals surface area contributed by atoms with Crippen LogP contribution >= 0.6 is 0 Å². The molecule has 0 spiro atoms. The lowest BCUT2D eigenvalue weighted by Gasteiger charge is -2.30. The van der Waals surface area contributed by atoms with Gasteiger partial charge in [0.2, 0.25) is 0 Å². The quantitative estimate of drug-likeness (QED) is 0.350. The molecular formula is C29H23F2NO. The van der Waals surface area contributed by atoms with Crippen LogP contribution < -0.4 is 0 Å². The van der Waals surface area contributed by atoms with Crippen LogP contribution in [0.4, 0.5) is 8.78 Å². The first-order chi connectivity index (χ1) is 16.1. The SMILES string of the molecule is O=C(c1ccccc1-c1ccccc1F)N(Cc1ccccc1F)C1Cc2ccccc2C1. The molecule has 4 aromatic carbocycles. The summed E-state index contributed by atoms with van der Waals surface area (Å²) in [7, 11) is 0. The van der Waals surface area contributed by atoms with E-state index >= 15 is 0 Å². The van der Waals surface area contributed by atoms with E-state index in [9.17, 15) is 13.6 Å². The van der Waals surface area contributed by atoms with Gasteiger partial charge in [-0.15, -0.1) is 0 Å². The maximum Gasteiger partial charge on any atom is 0.255 e. The van der Waals surface area contributed by atoms with Crippen molar-refractivity contribution in [3.05, 3.63) is 131 Å². The second-order valence-electron chi connectivity index (χ2n) is 8.38. The Balaban J connectivity index is 1.56. The highest BCUT2D eigenvalue weighted by atomic mass is 19.1. The van der Waals surface area contributed by atoms with Crippen molar-refractivity contribution in [1.82, 2.24) is 4.90 Å². The van der Waals surface area contributed by atoms with E-state index < -0.39 is 0 Å². The molecule has 1 aliphatic carbocycles. The summed E-state index contributed by atoms with van der Waals surface area (Å²) in [5.74, 6) is -0.949. The van der Waals surface area contributed by atoms with E-state index in [1.54, 1.807) is 65.6 Å². The maximum atomic E-state index is 14.6. The monoisotopic (exact) mass is 439 g/mol. The molecule has 4 heteroatoms. The zero-order chi connectivity index (χ0) is 22.8. The number of nitrogens with zero attached hydrogens (tertiary/aromatic N) is 1. The van der Waals surface area contributed by atoms with E-state index in [-0.39, 0.29) is 30.1 Å². The van der Waals surface area contributed by atoms with Gasteiger partial charge in [-0.2, -0.15) is 0 Å². The van der Waals surface area contributed by atoms with E-state index in [0.717, 1.165) is 0 Å². The number of fused-ring (bicyclic) bond motifs is 1. The van der Waals surface area contributed by atoms with Crippen molar-refractivity contribution in [3.63, 3.8) is 0 Å². The molecule has 33 heavy (non-hydrogen) atoms. The van der Waals surface area contributed by atoms with Gasteiger partial charge in [-0.05, 0) is 47.7 Å². The van der Waals surface area contributed by atoms with Crippen LogP contribution in [-0.4, -0.2) is 16.8 Å². The summed E-state index contributed by atoms with van der Waals surface area (Å²) in [6.07, 6.45) is 1.41.